The molecule has 2 heterocycles. The molecule has 0 saturated heterocycles. The van der Waals surface area contributed by atoms with Crippen LogP contribution in [0.15, 0.2) is 91.3 Å². The molecular formula is C26H20ClN3O2. The highest BCUT2D eigenvalue weighted by atomic mass is 35.5. The van der Waals surface area contributed by atoms with Crippen LogP contribution in [-0.2, 0) is 13.2 Å². The molecule has 2 aromatic heterocycles. The molecule has 5 aromatic rings. The van der Waals surface area contributed by atoms with Crippen molar-refractivity contribution in [2.75, 3.05) is 0 Å². The van der Waals surface area contributed by atoms with E-state index < -0.39 is 0 Å². The first kappa shape index (κ1) is 20.2. The largest absolute Gasteiger partial charge is 0.489 e. The Hall–Kier alpha value is -3.67. The van der Waals surface area contributed by atoms with Crippen molar-refractivity contribution < 1.29 is 9.84 Å². The van der Waals surface area contributed by atoms with Gasteiger partial charge in [0.1, 0.15) is 29.4 Å². The average Bonchev–Trinajstić information content (AvgIpc) is 3.25. The normalized spacial score (nSPS) is 11.1. The van der Waals surface area contributed by atoms with E-state index >= 15 is 0 Å². The summed E-state index contributed by atoms with van der Waals surface area (Å²) in [5.74, 6) is 1.47. The summed E-state index contributed by atoms with van der Waals surface area (Å²) >= 11 is 6.51. The zero-order chi connectivity index (χ0) is 21.9. The van der Waals surface area contributed by atoms with Crippen molar-refractivity contribution in [3.05, 3.63) is 108 Å². The molecule has 32 heavy (non-hydrogen) atoms. The predicted octanol–water partition coefficient (Wildman–Crippen LogP) is 5.79. The van der Waals surface area contributed by atoms with Crippen molar-refractivity contribution in [1.82, 2.24) is 14.4 Å². The molecule has 0 aliphatic rings. The molecule has 0 amide bonds. The zero-order valence-corrected chi connectivity index (χ0v) is 17.9. The third kappa shape index (κ3) is 3.96. The van der Waals surface area contributed by atoms with Crippen molar-refractivity contribution >= 4 is 17.1 Å². The Labute approximate surface area is 190 Å². The van der Waals surface area contributed by atoms with E-state index in [1.54, 1.807) is 6.20 Å². The van der Waals surface area contributed by atoms with Crippen LogP contribution in [-0.4, -0.2) is 19.5 Å². The van der Waals surface area contributed by atoms with Gasteiger partial charge in [-0.05, 0) is 29.3 Å². The van der Waals surface area contributed by atoms with E-state index in [4.69, 9.17) is 21.3 Å². The number of imidazole rings is 1. The summed E-state index contributed by atoms with van der Waals surface area (Å²) in [6.07, 6.45) is 3.49. The number of ether oxygens (including phenoxy) is 1. The van der Waals surface area contributed by atoms with Gasteiger partial charge < -0.3 is 9.84 Å². The van der Waals surface area contributed by atoms with Crippen LogP contribution in [0.1, 0.15) is 11.1 Å². The molecule has 0 fully saturated rings. The highest BCUT2D eigenvalue weighted by Gasteiger charge is 2.18. The highest BCUT2D eigenvalue weighted by Crippen LogP contribution is 2.34. The molecule has 0 aliphatic carbocycles. The van der Waals surface area contributed by atoms with E-state index in [2.05, 4.69) is 4.98 Å². The SMILES string of the molecule is OCc1cccc(-c2nc(-c3cccc(OCc4ccccc4)c3)c3c(Cl)nccn23)c1. The maximum absolute atomic E-state index is 9.54. The van der Waals surface area contributed by atoms with Crippen molar-refractivity contribution in [3.63, 3.8) is 0 Å². The molecule has 5 nitrogen and oxygen atoms in total. The summed E-state index contributed by atoms with van der Waals surface area (Å²) in [4.78, 5) is 9.19. The topological polar surface area (TPSA) is 59.7 Å². The van der Waals surface area contributed by atoms with Gasteiger partial charge in [-0.15, -0.1) is 0 Å². The minimum Gasteiger partial charge on any atom is -0.489 e. The second kappa shape index (κ2) is 8.83. The minimum absolute atomic E-state index is 0.0346. The molecule has 6 heteroatoms. The second-order valence-electron chi connectivity index (χ2n) is 7.38. The molecular weight excluding hydrogens is 422 g/mol. The number of rotatable bonds is 6. The third-order valence-electron chi connectivity index (χ3n) is 5.23. The minimum atomic E-state index is -0.0346. The van der Waals surface area contributed by atoms with E-state index in [0.717, 1.165) is 45.0 Å². The fourth-order valence-electron chi connectivity index (χ4n) is 3.69. The number of fused-ring (bicyclic) bond motifs is 1. The summed E-state index contributed by atoms with van der Waals surface area (Å²) < 4.78 is 7.94. The zero-order valence-electron chi connectivity index (χ0n) is 17.1. The molecule has 0 atom stereocenters. The van der Waals surface area contributed by atoms with Crippen LogP contribution in [0.4, 0.5) is 0 Å². The van der Waals surface area contributed by atoms with Gasteiger partial charge in [-0.3, -0.25) is 4.40 Å². The maximum atomic E-state index is 9.54. The van der Waals surface area contributed by atoms with Gasteiger partial charge in [0.2, 0.25) is 0 Å². The van der Waals surface area contributed by atoms with Crippen molar-refractivity contribution in [3.8, 4) is 28.4 Å². The average molecular weight is 442 g/mol. The van der Waals surface area contributed by atoms with Crippen LogP contribution >= 0.6 is 11.6 Å². The lowest BCUT2D eigenvalue weighted by atomic mass is 10.1. The van der Waals surface area contributed by atoms with Gasteiger partial charge in [0.25, 0.3) is 0 Å². The molecule has 5 rings (SSSR count). The van der Waals surface area contributed by atoms with Gasteiger partial charge in [0.05, 0.1) is 6.61 Å². The summed E-state index contributed by atoms with van der Waals surface area (Å²) in [5.41, 5.74) is 5.13. The van der Waals surface area contributed by atoms with Gasteiger partial charge in [0.15, 0.2) is 5.15 Å². The Morgan fingerprint density at radius 1 is 0.875 bits per heavy atom. The molecule has 158 valence electrons. The first-order chi connectivity index (χ1) is 15.7. The van der Waals surface area contributed by atoms with Crippen molar-refractivity contribution in [1.29, 1.82) is 0 Å². The number of nitrogens with zero attached hydrogens (tertiary/aromatic N) is 3. The lowest BCUT2D eigenvalue weighted by Crippen LogP contribution is -1.95. The first-order valence-electron chi connectivity index (χ1n) is 10.2. The Bertz CT molecular complexity index is 1380. The second-order valence-corrected chi connectivity index (χ2v) is 7.74. The standard InChI is InChI=1S/C26H20ClN3O2/c27-25-24-23(20-9-5-11-22(15-20)32-17-18-6-2-1-3-7-18)29-26(30(24)13-12-28-25)21-10-4-8-19(14-21)16-31/h1-15,31H,16-17H2. The molecule has 3 aromatic carbocycles. The Morgan fingerprint density at radius 2 is 1.66 bits per heavy atom. The van der Waals surface area contributed by atoms with Crippen LogP contribution in [0.5, 0.6) is 5.75 Å². The van der Waals surface area contributed by atoms with Gasteiger partial charge in [-0.25, -0.2) is 9.97 Å². The lowest BCUT2D eigenvalue weighted by Gasteiger charge is -2.08. The van der Waals surface area contributed by atoms with E-state index in [0.29, 0.717) is 11.8 Å². The van der Waals surface area contributed by atoms with Crippen LogP contribution in [0.25, 0.3) is 28.2 Å². The smallest absolute Gasteiger partial charge is 0.155 e. The maximum Gasteiger partial charge on any atom is 0.155 e. The van der Waals surface area contributed by atoms with Gasteiger partial charge in [-0.1, -0.05) is 72.3 Å². The third-order valence-corrected chi connectivity index (χ3v) is 5.51. The van der Waals surface area contributed by atoms with E-state index in [1.807, 2.05) is 89.5 Å². The summed E-state index contributed by atoms with van der Waals surface area (Å²) in [5, 5.41) is 9.91. The Morgan fingerprint density at radius 3 is 2.50 bits per heavy atom. The van der Waals surface area contributed by atoms with Crippen molar-refractivity contribution in [2.24, 2.45) is 0 Å². The number of hydrogen-bond donors (Lipinski definition) is 1. The molecule has 0 spiro atoms. The number of aliphatic hydroxyl groups excluding tert-OH is 1. The van der Waals surface area contributed by atoms with Crippen LogP contribution < -0.4 is 4.74 Å². The van der Waals surface area contributed by atoms with E-state index in [9.17, 15) is 5.11 Å². The highest BCUT2D eigenvalue weighted by molar-refractivity contribution is 6.33. The van der Waals surface area contributed by atoms with Gasteiger partial charge >= 0.3 is 0 Å². The van der Waals surface area contributed by atoms with E-state index in [1.165, 1.54) is 0 Å². The quantitative estimate of drug-likeness (QED) is 0.362. The number of hydrogen-bond acceptors (Lipinski definition) is 4. The van der Waals surface area contributed by atoms with E-state index in [-0.39, 0.29) is 6.61 Å². The van der Waals surface area contributed by atoms with Crippen LogP contribution in [0, 0.1) is 0 Å². The molecule has 0 saturated carbocycles. The molecule has 0 bridgehead atoms. The predicted molar refractivity (Wildman–Crippen MR) is 126 cm³/mol. The van der Waals surface area contributed by atoms with Crippen LogP contribution in [0.2, 0.25) is 5.15 Å². The summed E-state index contributed by atoms with van der Waals surface area (Å²) in [7, 11) is 0. The Kier molecular flexibility index (Phi) is 5.58. The Balaban J connectivity index is 1.57. The summed E-state index contributed by atoms with van der Waals surface area (Å²) in [6, 6.07) is 25.5. The molecule has 1 N–H and O–H groups in total. The number of benzene rings is 3. The molecule has 0 aliphatic heterocycles. The molecule has 0 radical (unpaired) electrons. The first-order valence-corrected chi connectivity index (χ1v) is 10.6. The van der Waals surface area contributed by atoms with Gasteiger partial charge in [-0.2, -0.15) is 0 Å². The fourth-order valence-corrected chi connectivity index (χ4v) is 3.93. The monoisotopic (exact) mass is 441 g/mol. The van der Waals surface area contributed by atoms with Crippen LogP contribution in [0.3, 0.4) is 0 Å². The number of aliphatic hydroxyl groups is 1. The molecule has 0 unspecified atom stereocenters. The van der Waals surface area contributed by atoms with Gasteiger partial charge in [0, 0.05) is 23.5 Å². The van der Waals surface area contributed by atoms with Crippen molar-refractivity contribution in [2.45, 2.75) is 13.2 Å². The lowest BCUT2D eigenvalue weighted by molar-refractivity contribution is 0.282. The number of aromatic nitrogens is 3. The fraction of sp³-hybridized carbons (Fsp3) is 0.0769. The summed E-state index contributed by atoms with van der Waals surface area (Å²) in [6.45, 7) is 0.447. The number of halogens is 1.